The second kappa shape index (κ2) is 7.77. The van der Waals surface area contributed by atoms with Gasteiger partial charge >= 0.3 is 0 Å². The minimum absolute atomic E-state index is 0.309. The Hall–Kier alpha value is -2.62. The molecule has 124 valence electrons. The summed E-state index contributed by atoms with van der Waals surface area (Å²) in [5.41, 5.74) is 1.72. The van der Waals surface area contributed by atoms with E-state index in [1.807, 2.05) is 60.7 Å². The van der Waals surface area contributed by atoms with E-state index in [1.54, 1.807) is 12.4 Å². The maximum Gasteiger partial charge on any atom is 0.224 e. The lowest BCUT2D eigenvalue weighted by atomic mass is 9.90. The van der Waals surface area contributed by atoms with Gasteiger partial charge in [-0.3, -0.25) is 0 Å². The summed E-state index contributed by atoms with van der Waals surface area (Å²) < 4.78 is 1.95. The van der Waals surface area contributed by atoms with Gasteiger partial charge in [0.05, 0.1) is 0 Å². The Bertz CT molecular complexity index is 647. The zero-order valence-electron chi connectivity index (χ0n) is 13.6. The van der Waals surface area contributed by atoms with Crippen LogP contribution in [0.4, 0.5) is 0 Å². The molecule has 24 heavy (non-hydrogen) atoms. The summed E-state index contributed by atoms with van der Waals surface area (Å²) in [5, 5.41) is 25.2. The van der Waals surface area contributed by atoms with Crippen LogP contribution in [0.25, 0.3) is 0 Å². The van der Waals surface area contributed by atoms with Crippen LogP contribution >= 0.6 is 0 Å². The van der Waals surface area contributed by atoms with Gasteiger partial charge < -0.3 is 10.4 Å². The molecule has 2 aromatic carbocycles. The molecule has 0 saturated heterocycles. The van der Waals surface area contributed by atoms with Crippen molar-refractivity contribution in [3.63, 3.8) is 0 Å². The molecule has 0 radical (unpaired) electrons. The van der Waals surface area contributed by atoms with Crippen LogP contribution in [0, 0.1) is 10.4 Å². The molecule has 4 nitrogen and oxygen atoms in total. The number of nitrogens with zero attached hydrogens (tertiary/aromatic N) is 2. The molecule has 0 N–H and O–H groups in total. The first kappa shape index (κ1) is 16.2. The van der Waals surface area contributed by atoms with Crippen LogP contribution in [0.15, 0.2) is 60.7 Å². The van der Waals surface area contributed by atoms with Gasteiger partial charge in [-0.2, -0.15) is 0 Å². The largest absolute Gasteiger partial charge is 0.623 e. The minimum atomic E-state index is -0.309. The summed E-state index contributed by atoms with van der Waals surface area (Å²) in [4.78, 5) is 0. The van der Waals surface area contributed by atoms with Crippen LogP contribution in [-0.2, 0) is 0 Å². The van der Waals surface area contributed by atoms with Gasteiger partial charge in [-0.25, -0.2) is 9.48 Å². The van der Waals surface area contributed by atoms with Crippen molar-refractivity contribution in [2.45, 2.75) is 37.8 Å². The number of hydrogen-bond acceptors (Lipinski definition) is 2. The highest BCUT2D eigenvalue weighted by Crippen LogP contribution is 2.23. The van der Waals surface area contributed by atoms with E-state index in [-0.39, 0.29) is 12.1 Å². The third kappa shape index (κ3) is 4.02. The topological polar surface area (TPSA) is 52.1 Å². The van der Waals surface area contributed by atoms with Crippen molar-refractivity contribution >= 4 is 12.4 Å². The Balaban J connectivity index is 1.83. The Morgan fingerprint density at radius 3 is 1.42 bits per heavy atom. The Morgan fingerprint density at radius 1 is 0.667 bits per heavy atom. The normalized spacial score (nSPS) is 22.3. The van der Waals surface area contributed by atoms with E-state index in [1.165, 1.54) is 0 Å². The monoisotopic (exact) mass is 322 g/mol. The van der Waals surface area contributed by atoms with Gasteiger partial charge in [0.25, 0.3) is 0 Å². The van der Waals surface area contributed by atoms with E-state index >= 15 is 0 Å². The maximum absolute atomic E-state index is 12.6. The van der Waals surface area contributed by atoms with E-state index in [2.05, 4.69) is 0 Å². The third-order valence-corrected chi connectivity index (χ3v) is 4.50. The number of hydroxylamine groups is 2. The lowest BCUT2D eigenvalue weighted by molar-refractivity contribution is -0.598. The molecular weight excluding hydrogens is 300 g/mol. The Morgan fingerprint density at radius 2 is 1.04 bits per heavy atom. The van der Waals surface area contributed by atoms with Crippen LogP contribution < -0.4 is 0 Å². The fourth-order valence-corrected chi connectivity index (χ4v) is 3.25. The molecule has 1 aliphatic carbocycles. The Kier molecular flexibility index (Phi) is 5.26. The van der Waals surface area contributed by atoms with Crippen molar-refractivity contribution in [1.29, 1.82) is 0 Å². The quantitative estimate of drug-likeness (QED) is 0.374. The average Bonchev–Trinajstić information content (AvgIpc) is 2.63. The van der Waals surface area contributed by atoms with Gasteiger partial charge in [-0.1, -0.05) is 36.4 Å². The van der Waals surface area contributed by atoms with E-state index in [0.29, 0.717) is 0 Å². The summed E-state index contributed by atoms with van der Waals surface area (Å²) in [6, 6.07) is 18.4. The fourth-order valence-electron chi connectivity index (χ4n) is 3.25. The summed E-state index contributed by atoms with van der Waals surface area (Å²) in [7, 11) is 0. The van der Waals surface area contributed by atoms with Gasteiger partial charge in [0.2, 0.25) is 12.1 Å². The minimum Gasteiger partial charge on any atom is -0.623 e. The van der Waals surface area contributed by atoms with Crippen molar-refractivity contribution in [3.8, 4) is 0 Å². The number of rotatable bonds is 4. The molecule has 3 rings (SSSR count). The van der Waals surface area contributed by atoms with E-state index in [0.717, 1.165) is 46.3 Å². The fraction of sp³-hybridized carbons (Fsp3) is 0.300. The molecule has 2 atom stereocenters. The molecule has 0 aliphatic heterocycles. The van der Waals surface area contributed by atoms with Crippen molar-refractivity contribution in [1.82, 2.24) is 0 Å². The molecule has 1 saturated carbocycles. The second-order valence-corrected chi connectivity index (χ2v) is 6.22. The lowest BCUT2D eigenvalue weighted by Crippen LogP contribution is -2.44. The first-order chi connectivity index (χ1) is 11.7. The highest BCUT2D eigenvalue weighted by atomic mass is 16.5. The molecule has 1 fully saturated rings. The highest BCUT2D eigenvalue weighted by molar-refractivity contribution is 5.76. The van der Waals surface area contributed by atoms with E-state index < -0.39 is 0 Å². The molecule has 1 aliphatic rings. The summed E-state index contributed by atoms with van der Waals surface area (Å²) >= 11 is 0. The van der Waals surface area contributed by atoms with Crippen molar-refractivity contribution < 1.29 is 9.48 Å². The van der Waals surface area contributed by atoms with Crippen LogP contribution in [0.3, 0.4) is 0 Å². The lowest BCUT2D eigenvalue weighted by Gasteiger charge is -2.28. The SMILES string of the molecule is [O-]/[N+](=C\c1ccccc1)[C@H]1CCCC[C@@H]1/[N+]([O-])=C/c1ccccc1. The zero-order valence-corrected chi connectivity index (χ0v) is 13.6. The summed E-state index contributed by atoms with van der Waals surface area (Å²) in [5.74, 6) is 0. The molecule has 2 aromatic rings. The molecule has 0 aromatic heterocycles. The van der Waals surface area contributed by atoms with Gasteiger partial charge in [-0.15, -0.1) is 0 Å². The van der Waals surface area contributed by atoms with Gasteiger partial charge in [0.15, 0.2) is 12.4 Å². The van der Waals surface area contributed by atoms with Crippen LogP contribution in [0.5, 0.6) is 0 Å². The van der Waals surface area contributed by atoms with Crippen LogP contribution in [0.2, 0.25) is 0 Å². The highest BCUT2D eigenvalue weighted by Gasteiger charge is 2.37. The number of hydrogen-bond donors (Lipinski definition) is 0. The third-order valence-electron chi connectivity index (χ3n) is 4.50. The molecule has 0 bridgehead atoms. The molecule has 0 heterocycles. The predicted molar refractivity (Wildman–Crippen MR) is 96.5 cm³/mol. The maximum atomic E-state index is 12.6. The van der Waals surface area contributed by atoms with E-state index in [4.69, 9.17) is 0 Å². The predicted octanol–water partition coefficient (Wildman–Crippen LogP) is 3.56. The van der Waals surface area contributed by atoms with Gasteiger partial charge in [0.1, 0.15) is 0 Å². The first-order valence-electron chi connectivity index (χ1n) is 8.45. The van der Waals surface area contributed by atoms with E-state index in [9.17, 15) is 10.4 Å². The Labute approximate surface area is 142 Å². The zero-order chi connectivity index (χ0) is 16.8. The molecular formula is C20H22N2O2. The van der Waals surface area contributed by atoms with Crippen molar-refractivity contribution in [3.05, 3.63) is 82.2 Å². The van der Waals surface area contributed by atoms with Crippen LogP contribution in [0.1, 0.15) is 36.8 Å². The average molecular weight is 322 g/mol. The first-order valence-corrected chi connectivity index (χ1v) is 8.45. The molecule has 4 heteroatoms. The smallest absolute Gasteiger partial charge is 0.224 e. The van der Waals surface area contributed by atoms with Crippen molar-refractivity contribution in [2.75, 3.05) is 0 Å². The summed E-state index contributed by atoms with van der Waals surface area (Å²) in [6.07, 6.45) is 6.67. The second-order valence-electron chi connectivity index (χ2n) is 6.22. The van der Waals surface area contributed by atoms with Gasteiger partial charge in [0, 0.05) is 24.0 Å². The molecule has 0 unspecified atom stereocenters. The standard InChI is InChI=1S/C20H22N2O2/c23-21(15-17-9-3-1-4-10-17)19-13-7-8-14-20(19)22(24)16-18-11-5-2-6-12-18/h1-6,9-12,15-16,19-20H,7-8,13-14H2/b21-15-,22-16-/t19-,20-/m0/s1. The van der Waals surface area contributed by atoms with Crippen molar-refractivity contribution in [2.24, 2.45) is 0 Å². The number of benzene rings is 2. The molecule has 0 amide bonds. The molecule has 0 spiro atoms. The van der Waals surface area contributed by atoms with Gasteiger partial charge in [-0.05, 0) is 37.1 Å². The summed E-state index contributed by atoms with van der Waals surface area (Å²) in [6.45, 7) is 0. The van der Waals surface area contributed by atoms with Crippen LogP contribution in [-0.4, -0.2) is 34.0 Å².